The molecule has 0 aliphatic heterocycles. The Morgan fingerprint density at radius 3 is 2.67 bits per heavy atom. The van der Waals surface area contributed by atoms with Gasteiger partial charge in [-0.3, -0.25) is 4.57 Å². The largest absolute Gasteiger partial charge is 0.462 e. The van der Waals surface area contributed by atoms with Gasteiger partial charge >= 0.3 is 5.97 Å². The first-order valence-electron chi connectivity index (χ1n) is 8.74. The number of rotatable bonds is 4. The van der Waals surface area contributed by atoms with Crippen molar-refractivity contribution in [3.8, 4) is 23.1 Å². The van der Waals surface area contributed by atoms with Crippen molar-refractivity contribution in [1.29, 1.82) is 5.26 Å². The zero-order valence-electron chi connectivity index (χ0n) is 15.9. The van der Waals surface area contributed by atoms with Crippen molar-refractivity contribution in [3.63, 3.8) is 0 Å². The van der Waals surface area contributed by atoms with Gasteiger partial charge in [0, 0.05) is 22.6 Å². The molecular weight excluding hydrogens is 340 g/mol. The average Bonchev–Trinajstić information content (AvgIpc) is 3.12. The van der Waals surface area contributed by atoms with Gasteiger partial charge in [-0.2, -0.15) is 5.26 Å². The van der Waals surface area contributed by atoms with Gasteiger partial charge in [0.25, 0.3) is 0 Å². The molecule has 138 valence electrons. The van der Waals surface area contributed by atoms with Crippen LogP contribution in [0.3, 0.4) is 0 Å². The number of aromatic amines is 1. The number of hydrogen-bond donors (Lipinski definition) is 2. The summed E-state index contributed by atoms with van der Waals surface area (Å²) in [6.45, 7) is 7.73. The van der Waals surface area contributed by atoms with Crippen molar-refractivity contribution in [2.75, 3.05) is 12.3 Å². The SMILES string of the molecule is CCOC(=O)c1cc(-c2cccc(N)c2)n(-c2[nH]c(C)c(C)c2C#N)c1C. The van der Waals surface area contributed by atoms with Crippen molar-refractivity contribution in [3.05, 3.63) is 58.4 Å². The summed E-state index contributed by atoms with van der Waals surface area (Å²) in [5.74, 6) is 0.246. The maximum absolute atomic E-state index is 12.5. The Labute approximate surface area is 158 Å². The number of aryl methyl sites for hydroxylation is 1. The van der Waals surface area contributed by atoms with E-state index in [9.17, 15) is 10.1 Å². The van der Waals surface area contributed by atoms with Gasteiger partial charge in [0.2, 0.25) is 0 Å². The second-order valence-corrected chi connectivity index (χ2v) is 6.42. The van der Waals surface area contributed by atoms with Gasteiger partial charge in [0.15, 0.2) is 0 Å². The van der Waals surface area contributed by atoms with Crippen molar-refractivity contribution in [1.82, 2.24) is 9.55 Å². The molecule has 6 nitrogen and oxygen atoms in total. The van der Waals surface area contributed by atoms with Crippen LogP contribution in [-0.4, -0.2) is 22.1 Å². The number of nitrogens with one attached hydrogen (secondary N) is 1. The predicted octanol–water partition coefficient (Wildman–Crippen LogP) is 4.03. The number of nitrogen functional groups attached to an aromatic ring is 1. The number of carbonyl (C=O) groups excluding carboxylic acids is 1. The molecule has 0 atom stereocenters. The van der Waals surface area contributed by atoms with E-state index in [0.717, 1.165) is 22.5 Å². The average molecular weight is 362 g/mol. The highest BCUT2D eigenvalue weighted by Crippen LogP contribution is 2.33. The molecule has 3 N–H and O–H groups in total. The second-order valence-electron chi connectivity index (χ2n) is 6.42. The fourth-order valence-electron chi connectivity index (χ4n) is 3.22. The molecule has 0 fully saturated rings. The van der Waals surface area contributed by atoms with E-state index in [1.165, 1.54) is 0 Å². The van der Waals surface area contributed by atoms with E-state index >= 15 is 0 Å². The molecule has 27 heavy (non-hydrogen) atoms. The molecule has 0 bridgehead atoms. The van der Waals surface area contributed by atoms with Crippen LogP contribution >= 0.6 is 0 Å². The lowest BCUT2D eigenvalue weighted by atomic mass is 10.1. The number of anilines is 1. The first-order chi connectivity index (χ1) is 12.9. The van der Waals surface area contributed by atoms with Crippen molar-refractivity contribution < 1.29 is 9.53 Å². The second kappa shape index (κ2) is 7.04. The molecule has 0 saturated carbocycles. The Hall–Kier alpha value is -3.46. The Balaban J connectivity index is 2.34. The number of H-pyrrole nitrogens is 1. The van der Waals surface area contributed by atoms with E-state index in [2.05, 4.69) is 11.1 Å². The van der Waals surface area contributed by atoms with Crippen LogP contribution in [0.4, 0.5) is 5.69 Å². The quantitative estimate of drug-likeness (QED) is 0.541. The standard InChI is InChI=1S/C21H22N4O2/c1-5-27-21(26)17-10-19(15-7-6-8-16(23)9-15)25(14(17)4)20-18(11-22)12(2)13(3)24-20/h6-10,24H,5,23H2,1-4H3. The number of carbonyl (C=O) groups is 1. The number of nitriles is 1. The van der Waals surface area contributed by atoms with Gasteiger partial charge in [-0.15, -0.1) is 0 Å². The van der Waals surface area contributed by atoms with Crippen LogP contribution in [0.2, 0.25) is 0 Å². The minimum atomic E-state index is -0.391. The fraction of sp³-hybridized carbons (Fsp3) is 0.238. The zero-order valence-corrected chi connectivity index (χ0v) is 15.9. The van der Waals surface area contributed by atoms with Crippen LogP contribution in [0.1, 0.15) is 39.8 Å². The number of nitrogens with two attached hydrogens (primary N) is 1. The highest BCUT2D eigenvalue weighted by atomic mass is 16.5. The Bertz CT molecular complexity index is 1070. The molecule has 0 unspecified atom stereocenters. The maximum Gasteiger partial charge on any atom is 0.339 e. The summed E-state index contributed by atoms with van der Waals surface area (Å²) in [7, 11) is 0. The van der Waals surface area contributed by atoms with Crippen LogP contribution in [0.15, 0.2) is 30.3 Å². The van der Waals surface area contributed by atoms with E-state index in [4.69, 9.17) is 10.5 Å². The molecule has 0 saturated heterocycles. The van der Waals surface area contributed by atoms with Crippen molar-refractivity contribution in [2.45, 2.75) is 27.7 Å². The molecular formula is C21H22N4O2. The number of esters is 1. The lowest BCUT2D eigenvalue weighted by molar-refractivity contribution is 0.0525. The number of ether oxygens (including phenoxy) is 1. The van der Waals surface area contributed by atoms with Crippen LogP contribution in [0.25, 0.3) is 17.1 Å². The Kier molecular flexibility index (Phi) is 4.78. The number of hydrogen-bond acceptors (Lipinski definition) is 4. The molecule has 0 radical (unpaired) electrons. The van der Waals surface area contributed by atoms with E-state index in [-0.39, 0.29) is 0 Å². The minimum absolute atomic E-state index is 0.293. The molecule has 0 spiro atoms. The van der Waals surface area contributed by atoms with Gasteiger partial charge in [-0.25, -0.2) is 4.79 Å². The summed E-state index contributed by atoms with van der Waals surface area (Å²) in [4.78, 5) is 15.7. The third kappa shape index (κ3) is 3.08. The number of aromatic nitrogens is 2. The fourth-order valence-corrected chi connectivity index (χ4v) is 3.22. The summed E-state index contributed by atoms with van der Waals surface area (Å²) in [5, 5.41) is 9.68. The minimum Gasteiger partial charge on any atom is -0.462 e. The predicted molar refractivity (Wildman–Crippen MR) is 105 cm³/mol. The smallest absolute Gasteiger partial charge is 0.339 e. The molecule has 1 aromatic carbocycles. The monoisotopic (exact) mass is 362 g/mol. The number of nitrogens with zero attached hydrogens (tertiary/aromatic N) is 2. The Morgan fingerprint density at radius 2 is 2.04 bits per heavy atom. The van der Waals surface area contributed by atoms with Gasteiger partial charge in [-0.1, -0.05) is 12.1 Å². The van der Waals surface area contributed by atoms with E-state index in [1.54, 1.807) is 19.1 Å². The van der Waals surface area contributed by atoms with Crippen molar-refractivity contribution >= 4 is 11.7 Å². The molecule has 2 heterocycles. The van der Waals surface area contributed by atoms with Crippen LogP contribution < -0.4 is 5.73 Å². The summed E-state index contributed by atoms with van der Waals surface area (Å²) >= 11 is 0. The maximum atomic E-state index is 12.5. The zero-order chi connectivity index (χ0) is 19.7. The first-order valence-corrected chi connectivity index (χ1v) is 8.74. The lowest BCUT2D eigenvalue weighted by Crippen LogP contribution is -2.07. The molecule has 2 aromatic heterocycles. The van der Waals surface area contributed by atoms with Gasteiger partial charge < -0.3 is 15.5 Å². The van der Waals surface area contributed by atoms with E-state index < -0.39 is 5.97 Å². The summed E-state index contributed by atoms with van der Waals surface area (Å²) < 4.78 is 7.09. The van der Waals surface area contributed by atoms with E-state index in [1.807, 2.05) is 43.5 Å². The highest BCUT2D eigenvalue weighted by molar-refractivity contribution is 5.93. The normalized spacial score (nSPS) is 10.6. The van der Waals surface area contributed by atoms with Crippen LogP contribution in [0.5, 0.6) is 0 Å². The van der Waals surface area contributed by atoms with Crippen molar-refractivity contribution in [2.24, 2.45) is 0 Å². The molecule has 3 rings (SSSR count). The van der Waals surface area contributed by atoms with Crippen LogP contribution in [0, 0.1) is 32.1 Å². The third-order valence-corrected chi connectivity index (χ3v) is 4.74. The summed E-state index contributed by atoms with van der Waals surface area (Å²) in [5.41, 5.74) is 11.7. The topological polar surface area (TPSA) is 96.8 Å². The van der Waals surface area contributed by atoms with E-state index in [0.29, 0.717) is 34.9 Å². The first kappa shape index (κ1) is 18.3. The van der Waals surface area contributed by atoms with Gasteiger partial charge in [0.05, 0.1) is 23.4 Å². The third-order valence-electron chi connectivity index (χ3n) is 4.74. The summed E-state index contributed by atoms with van der Waals surface area (Å²) in [6.07, 6.45) is 0. The molecule has 6 heteroatoms. The lowest BCUT2D eigenvalue weighted by Gasteiger charge is -2.12. The highest BCUT2D eigenvalue weighted by Gasteiger charge is 2.24. The summed E-state index contributed by atoms with van der Waals surface area (Å²) in [6, 6.07) is 11.5. The van der Waals surface area contributed by atoms with Gasteiger partial charge in [-0.05, 0) is 51.5 Å². The molecule has 0 amide bonds. The molecule has 0 aliphatic carbocycles. The van der Waals surface area contributed by atoms with Crippen LogP contribution in [-0.2, 0) is 4.74 Å². The molecule has 0 aliphatic rings. The van der Waals surface area contributed by atoms with Gasteiger partial charge in [0.1, 0.15) is 11.9 Å². The Morgan fingerprint density at radius 1 is 1.30 bits per heavy atom. The molecule has 3 aromatic rings. The number of benzene rings is 1.